The SMILES string of the molecule is CCCC(N)CCNCC(F)(F)C(F)F. The van der Waals surface area contributed by atoms with Crippen LogP contribution in [0.4, 0.5) is 17.6 Å². The molecule has 92 valence electrons. The second-order valence-corrected chi connectivity index (χ2v) is 3.58. The first-order valence-electron chi connectivity index (χ1n) is 5.02. The minimum absolute atomic E-state index is 0.0531. The summed E-state index contributed by atoms with van der Waals surface area (Å²) in [6, 6.07) is -0.0531. The second kappa shape index (κ2) is 7.00. The van der Waals surface area contributed by atoms with Gasteiger partial charge in [-0.2, -0.15) is 8.78 Å². The maximum atomic E-state index is 12.4. The van der Waals surface area contributed by atoms with Gasteiger partial charge in [0.25, 0.3) is 0 Å². The summed E-state index contributed by atoms with van der Waals surface area (Å²) < 4.78 is 48.2. The van der Waals surface area contributed by atoms with E-state index in [0.29, 0.717) is 6.42 Å². The molecule has 0 radical (unpaired) electrons. The molecular weight excluding hydrogens is 212 g/mol. The van der Waals surface area contributed by atoms with Crippen LogP contribution in [0, 0.1) is 0 Å². The van der Waals surface area contributed by atoms with Gasteiger partial charge in [0.1, 0.15) is 0 Å². The highest BCUT2D eigenvalue weighted by Gasteiger charge is 2.39. The quantitative estimate of drug-likeness (QED) is 0.494. The van der Waals surface area contributed by atoms with Crippen molar-refractivity contribution in [3.8, 4) is 0 Å². The molecule has 0 amide bonds. The van der Waals surface area contributed by atoms with Crippen molar-refractivity contribution in [2.24, 2.45) is 5.73 Å². The third-order valence-corrected chi connectivity index (χ3v) is 2.03. The number of rotatable bonds is 8. The topological polar surface area (TPSA) is 38.0 Å². The van der Waals surface area contributed by atoms with Crippen molar-refractivity contribution in [2.75, 3.05) is 13.1 Å². The Morgan fingerprint density at radius 2 is 1.87 bits per heavy atom. The normalized spacial score (nSPS) is 14.6. The van der Waals surface area contributed by atoms with E-state index in [4.69, 9.17) is 5.73 Å². The molecule has 1 atom stereocenters. The zero-order valence-corrected chi connectivity index (χ0v) is 8.78. The molecule has 0 saturated heterocycles. The number of halogens is 4. The van der Waals surface area contributed by atoms with Crippen molar-refractivity contribution in [1.82, 2.24) is 5.32 Å². The van der Waals surface area contributed by atoms with Gasteiger partial charge in [-0.25, -0.2) is 8.78 Å². The Morgan fingerprint density at radius 1 is 1.27 bits per heavy atom. The smallest absolute Gasteiger partial charge is 0.319 e. The number of hydrogen-bond acceptors (Lipinski definition) is 2. The molecule has 15 heavy (non-hydrogen) atoms. The molecule has 2 nitrogen and oxygen atoms in total. The molecule has 0 aliphatic rings. The predicted octanol–water partition coefficient (Wildman–Crippen LogP) is 1.99. The van der Waals surface area contributed by atoms with Gasteiger partial charge in [-0.15, -0.1) is 0 Å². The average Bonchev–Trinajstić information content (AvgIpc) is 2.13. The van der Waals surface area contributed by atoms with Crippen LogP contribution < -0.4 is 11.1 Å². The molecule has 0 aromatic carbocycles. The zero-order chi connectivity index (χ0) is 11.9. The third-order valence-electron chi connectivity index (χ3n) is 2.03. The van der Waals surface area contributed by atoms with E-state index in [0.717, 1.165) is 12.8 Å². The van der Waals surface area contributed by atoms with Crippen LogP contribution in [0.1, 0.15) is 26.2 Å². The van der Waals surface area contributed by atoms with Gasteiger partial charge in [0, 0.05) is 6.04 Å². The lowest BCUT2D eigenvalue weighted by atomic mass is 10.1. The molecule has 0 aromatic heterocycles. The van der Waals surface area contributed by atoms with Crippen LogP contribution in [0.15, 0.2) is 0 Å². The van der Waals surface area contributed by atoms with Crippen molar-refractivity contribution < 1.29 is 17.6 Å². The van der Waals surface area contributed by atoms with Gasteiger partial charge in [-0.3, -0.25) is 0 Å². The zero-order valence-electron chi connectivity index (χ0n) is 8.78. The fourth-order valence-corrected chi connectivity index (χ4v) is 1.13. The van der Waals surface area contributed by atoms with Crippen molar-refractivity contribution in [1.29, 1.82) is 0 Å². The Balaban J connectivity index is 3.54. The van der Waals surface area contributed by atoms with Crippen molar-refractivity contribution >= 4 is 0 Å². The number of alkyl halides is 4. The monoisotopic (exact) mass is 230 g/mol. The number of hydrogen-bond donors (Lipinski definition) is 2. The minimum atomic E-state index is -3.95. The molecule has 0 aliphatic heterocycles. The van der Waals surface area contributed by atoms with Crippen LogP contribution in [0.2, 0.25) is 0 Å². The van der Waals surface area contributed by atoms with Crippen molar-refractivity contribution in [3.63, 3.8) is 0 Å². The Bertz CT molecular complexity index is 164. The van der Waals surface area contributed by atoms with Crippen LogP contribution in [0.25, 0.3) is 0 Å². The Morgan fingerprint density at radius 3 is 2.33 bits per heavy atom. The van der Waals surface area contributed by atoms with Crippen LogP contribution in [0.3, 0.4) is 0 Å². The summed E-state index contributed by atoms with van der Waals surface area (Å²) in [7, 11) is 0. The maximum Gasteiger partial charge on any atom is 0.319 e. The molecular formula is C9H18F4N2. The van der Waals surface area contributed by atoms with Crippen LogP contribution >= 0.6 is 0 Å². The summed E-state index contributed by atoms with van der Waals surface area (Å²) in [5.41, 5.74) is 5.62. The van der Waals surface area contributed by atoms with E-state index in [1.54, 1.807) is 0 Å². The molecule has 6 heteroatoms. The summed E-state index contributed by atoms with van der Waals surface area (Å²) >= 11 is 0. The molecule has 0 spiro atoms. The van der Waals surface area contributed by atoms with E-state index in [-0.39, 0.29) is 12.6 Å². The van der Waals surface area contributed by atoms with E-state index in [2.05, 4.69) is 5.32 Å². The molecule has 0 rings (SSSR count). The van der Waals surface area contributed by atoms with E-state index in [1.807, 2.05) is 6.92 Å². The summed E-state index contributed by atoms with van der Waals surface area (Å²) in [5.74, 6) is -3.95. The Labute approximate surface area is 87.2 Å². The molecule has 3 N–H and O–H groups in total. The highest BCUT2D eigenvalue weighted by atomic mass is 19.3. The molecule has 1 unspecified atom stereocenters. The molecule has 0 saturated carbocycles. The van der Waals surface area contributed by atoms with Gasteiger partial charge in [0.2, 0.25) is 0 Å². The first-order chi connectivity index (χ1) is 6.90. The summed E-state index contributed by atoms with van der Waals surface area (Å²) in [6.45, 7) is 1.21. The van der Waals surface area contributed by atoms with Crippen molar-refractivity contribution in [3.05, 3.63) is 0 Å². The van der Waals surface area contributed by atoms with Crippen LogP contribution in [0.5, 0.6) is 0 Å². The summed E-state index contributed by atoms with van der Waals surface area (Å²) in [5, 5.41) is 2.29. The Kier molecular flexibility index (Phi) is 6.84. The van der Waals surface area contributed by atoms with Crippen LogP contribution in [-0.2, 0) is 0 Å². The number of nitrogens with two attached hydrogens (primary N) is 1. The lowest BCUT2D eigenvalue weighted by Crippen LogP contribution is -2.40. The van der Waals surface area contributed by atoms with E-state index >= 15 is 0 Å². The van der Waals surface area contributed by atoms with Gasteiger partial charge in [-0.05, 0) is 19.4 Å². The Hall–Kier alpha value is -0.360. The van der Waals surface area contributed by atoms with Gasteiger partial charge < -0.3 is 11.1 Å². The van der Waals surface area contributed by atoms with E-state index in [1.165, 1.54) is 0 Å². The fraction of sp³-hybridized carbons (Fsp3) is 1.00. The maximum absolute atomic E-state index is 12.4. The van der Waals surface area contributed by atoms with E-state index < -0.39 is 18.9 Å². The molecule has 0 heterocycles. The third kappa shape index (κ3) is 6.67. The van der Waals surface area contributed by atoms with Gasteiger partial charge in [0.05, 0.1) is 6.54 Å². The summed E-state index contributed by atoms with van der Waals surface area (Å²) in [4.78, 5) is 0. The first-order valence-corrected chi connectivity index (χ1v) is 5.02. The average molecular weight is 230 g/mol. The molecule has 0 aliphatic carbocycles. The van der Waals surface area contributed by atoms with E-state index in [9.17, 15) is 17.6 Å². The number of nitrogens with one attached hydrogen (secondary N) is 1. The van der Waals surface area contributed by atoms with Gasteiger partial charge >= 0.3 is 12.3 Å². The molecule has 0 bridgehead atoms. The fourth-order valence-electron chi connectivity index (χ4n) is 1.13. The lowest BCUT2D eigenvalue weighted by molar-refractivity contribution is -0.125. The van der Waals surface area contributed by atoms with Crippen LogP contribution in [-0.4, -0.2) is 31.5 Å². The highest BCUT2D eigenvalue weighted by Crippen LogP contribution is 2.21. The first kappa shape index (κ1) is 14.6. The second-order valence-electron chi connectivity index (χ2n) is 3.58. The predicted molar refractivity (Wildman–Crippen MR) is 51.3 cm³/mol. The summed E-state index contributed by atoms with van der Waals surface area (Å²) in [6.07, 6.45) is -1.36. The molecule has 0 aromatic rings. The van der Waals surface area contributed by atoms with Gasteiger partial charge in [-0.1, -0.05) is 13.3 Å². The van der Waals surface area contributed by atoms with Crippen molar-refractivity contribution in [2.45, 2.75) is 44.6 Å². The largest absolute Gasteiger partial charge is 0.328 e. The standard InChI is InChI=1S/C9H18F4N2/c1-2-3-7(14)4-5-15-6-9(12,13)8(10)11/h7-8,15H,2-6,14H2,1H3. The highest BCUT2D eigenvalue weighted by molar-refractivity contribution is 4.72. The molecule has 0 fully saturated rings. The minimum Gasteiger partial charge on any atom is -0.328 e. The van der Waals surface area contributed by atoms with Gasteiger partial charge in [0.15, 0.2) is 0 Å². The lowest BCUT2D eigenvalue weighted by Gasteiger charge is -2.16.